The molecule has 0 amide bonds. The van der Waals surface area contributed by atoms with Gasteiger partial charge in [-0.3, -0.25) is 9.78 Å². The van der Waals surface area contributed by atoms with Crippen LogP contribution < -0.4 is 0 Å². The van der Waals surface area contributed by atoms with E-state index in [2.05, 4.69) is 46.5 Å². The van der Waals surface area contributed by atoms with E-state index in [-0.39, 0.29) is 11.6 Å². The predicted octanol–water partition coefficient (Wildman–Crippen LogP) is 6.28. The second kappa shape index (κ2) is 8.11. The first kappa shape index (κ1) is 20.3. The normalized spacial score (nSPS) is 13.7. The standard InChI is InChI=1S/C23H30FNO/c1-15(2)12-23(6,13-17(5)16(3)4)21(26)11-18-10-19-8-7-9-20(24)22(19)25-14-18/h7-10,14-15H,11-13H2,1-6H3. The second-order valence-corrected chi connectivity index (χ2v) is 8.37. The molecule has 2 rings (SSSR count). The Kier molecular flexibility index (Phi) is 6.33. The number of aromatic nitrogens is 1. The van der Waals surface area contributed by atoms with Gasteiger partial charge in [-0.1, -0.05) is 44.1 Å². The number of pyridine rings is 1. The molecule has 1 heterocycles. The lowest BCUT2D eigenvalue weighted by Crippen LogP contribution is -2.31. The molecule has 1 aromatic carbocycles. The molecule has 0 radical (unpaired) electrons. The summed E-state index contributed by atoms with van der Waals surface area (Å²) in [4.78, 5) is 17.4. The van der Waals surface area contributed by atoms with Crippen molar-refractivity contribution < 1.29 is 9.18 Å². The van der Waals surface area contributed by atoms with E-state index >= 15 is 0 Å². The molecule has 26 heavy (non-hydrogen) atoms. The molecule has 0 saturated heterocycles. The van der Waals surface area contributed by atoms with Crippen LogP contribution in [0.2, 0.25) is 0 Å². The maximum Gasteiger partial charge on any atom is 0.149 e. The zero-order chi connectivity index (χ0) is 19.5. The van der Waals surface area contributed by atoms with Gasteiger partial charge in [0, 0.05) is 23.4 Å². The van der Waals surface area contributed by atoms with Crippen molar-refractivity contribution in [3.63, 3.8) is 0 Å². The Hall–Kier alpha value is -2.03. The van der Waals surface area contributed by atoms with Crippen molar-refractivity contribution in [2.45, 2.75) is 60.8 Å². The van der Waals surface area contributed by atoms with Gasteiger partial charge in [-0.05, 0) is 57.2 Å². The molecule has 0 spiro atoms. The van der Waals surface area contributed by atoms with E-state index in [0.29, 0.717) is 17.9 Å². The summed E-state index contributed by atoms with van der Waals surface area (Å²) in [6.07, 6.45) is 3.60. The quantitative estimate of drug-likeness (QED) is 0.547. The molecule has 1 atom stereocenters. The SMILES string of the molecule is CC(C)=C(C)CC(C)(CC(C)C)C(=O)Cc1cnc2c(F)cccc2c1. The minimum absolute atomic E-state index is 0.226. The maximum atomic E-state index is 13.8. The summed E-state index contributed by atoms with van der Waals surface area (Å²) in [5.41, 5.74) is 3.36. The highest BCUT2D eigenvalue weighted by atomic mass is 19.1. The lowest BCUT2D eigenvalue weighted by atomic mass is 9.72. The fourth-order valence-electron chi connectivity index (χ4n) is 3.61. The summed E-state index contributed by atoms with van der Waals surface area (Å²) >= 11 is 0. The molecule has 0 aliphatic heterocycles. The number of benzene rings is 1. The average molecular weight is 355 g/mol. The fraction of sp³-hybridized carbons (Fsp3) is 0.478. The highest BCUT2D eigenvalue weighted by Crippen LogP contribution is 2.36. The summed E-state index contributed by atoms with van der Waals surface area (Å²) < 4.78 is 13.8. The molecule has 2 nitrogen and oxygen atoms in total. The van der Waals surface area contributed by atoms with Crippen molar-refractivity contribution in [2.75, 3.05) is 0 Å². The molecule has 0 aliphatic carbocycles. The molecule has 0 aliphatic rings. The zero-order valence-corrected chi connectivity index (χ0v) is 16.8. The third-order valence-corrected chi connectivity index (χ3v) is 5.12. The Labute approximate surface area is 156 Å². The number of allylic oxidation sites excluding steroid dienone is 2. The van der Waals surface area contributed by atoms with Crippen molar-refractivity contribution in [3.05, 3.63) is 53.0 Å². The van der Waals surface area contributed by atoms with Crippen molar-refractivity contribution in [2.24, 2.45) is 11.3 Å². The number of carbonyl (C=O) groups is 1. The molecule has 2 aromatic rings. The zero-order valence-electron chi connectivity index (χ0n) is 16.8. The molecular weight excluding hydrogens is 325 g/mol. The Bertz CT molecular complexity index is 833. The Morgan fingerprint density at radius 2 is 1.92 bits per heavy atom. The summed E-state index contributed by atoms with van der Waals surface area (Å²) in [6, 6.07) is 6.79. The number of fused-ring (bicyclic) bond motifs is 1. The van der Waals surface area contributed by atoms with Crippen LogP contribution in [-0.4, -0.2) is 10.8 Å². The van der Waals surface area contributed by atoms with E-state index in [1.165, 1.54) is 17.2 Å². The lowest BCUT2D eigenvalue weighted by Gasteiger charge is -2.31. The van der Waals surface area contributed by atoms with E-state index in [1.54, 1.807) is 12.3 Å². The van der Waals surface area contributed by atoms with Crippen molar-refractivity contribution >= 4 is 16.7 Å². The maximum absolute atomic E-state index is 13.8. The van der Waals surface area contributed by atoms with Crippen LogP contribution in [-0.2, 0) is 11.2 Å². The van der Waals surface area contributed by atoms with Crippen LogP contribution >= 0.6 is 0 Å². The van der Waals surface area contributed by atoms with Crippen LogP contribution in [0.3, 0.4) is 0 Å². The van der Waals surface area contributed by atoms with Crippen LogP contribution in [0.25, 0.3) is 10.9 Å². The van der Waals surface area contributed by atoms with E-state index in [1.807, 2.05) is 12.1 Å². The largest absolute Gasteiger partial charge is 0.299 e. The van der Waals surface area contributed by atoms with Crippen molar-refractivity contribution in [3.8, 4) is 0 Å². The van der Waals surface area contributed by atoms with E-state index in [4.69, 9.17) is 0 Å². The van der Waals surface area contributed by atoms with Gasteiger partial charge in [0.15, 0.2) is 0 Å². The predicted molar refractivity (Wildman–Crippen MR) is 107 cm³/mol. The molecule has 0 N–H and O–H groups in total. The minimum Gasteiger partial charge on any atom is -0.299 e. The van der Waals surface area contributed by atoms with Gasteiger partial charge in [0.1, 0.15) is 17.1 Å². The second-order valence-electron chi connectivity index (χ2n) is 8.37. The first-order chi connectivity index (χ1) is 12.1. The molecule has 1 aromatic heterocycles. The number of para-hydroxylation sites is 1. The Morgan fingerprint density at radius 1 is 1.23 bits per heavy atom. The minimum atomic E-state index is -0.396. The van der Waals surface area contributed by atoms with Crippen LogP contribution in [0.1, 0.15) is 59.9 Å². The van der Waals surface area contributed by atoms with Gasteiger partial charge in [-0.2, -0.15) is 0 Å². The average Bonchev–Trinajstić information content (AvgIpc) is 2.54. The van der Waals surface area contributed by atoms with Crippen LogP contribution in [0, 0.1) is 17.2 Å². The molecule has 3 heteroatoms. The van der Waals surface area contributed by atoms with Gasteiger partial charge in [0.05, 0.1) is 0 Å². The van der Waals surface area contributed by atoms with Gasteiger partial charge < -0.3 is 0 Å². The summed E-state index contributed by atoms with van der Waals surface area (Å²) in [5.74, 6) is 0.339. The molecular formula is C23H30FNO. The number of ketones is 1. The number of hydrogen-bond acceptors (Lipinski definition) is 2. The first-order valence-electron chi connectivity index (χ1n) is 9.32. The molecule has 1 unspecified atom stereocenters. The molecule has 0 saturated carbocycles. The molecule has 0 bridgehead atoms. The smallest absolute Gasteiger partial charge is 0.149 e. The van der Waals surface area contributed by atoms with Gasteiger partial charge in [-0.15, -0.1) is 0 Å². The highest BCUT2D eigenvalue weighted by molar-refractivity contribution is 5.88. The topological polar surface area (TPSA) is 30.0 Å². The van der Waals surface area contributed by atoms with Gasteiger partial charge in [0.25, 0.3) is 0 Å². The Balaban J connectivity index is 2.30. The van der Waals surface area contributed by atoms with Crippen molar-refractivity contribution in [1.29, 1.82) is 0 Å². The van der Waals surface area contributed by atoms with Gasteiger partial charge in [-0.25, -0.2) is 4.39 Å². The first-order valence-corrected chi connectivity index (χ1v) is 9.32. The molecule has 140 valence electrons. The third kappa shape index (κ3) is 4.78. The number of hydrogen-bond donors (Lipinski definition) is 0. The number of rotatable bonds is 7. The van der Waals surface area contributed by atoms with E-state index in [0.717, 1.165) is 23.8 Å². The summed E-state index contributed by atoms with van der Waals surface area (Å²) in [5, 5.41) is 0.737. The van der Waals surface area contributed by atoms with Crippen LogP contribution in [0.5, 0.6) is 0 Å². The van der Waals surface area contributed by atoms with E-state index in [9.17, 15) is 9.18 Å². The van der Waals surface area contributed by atoms with Crippen LogP contribution in [0.4, 0.5) is 4.39 Å². The third-order valence-electron chi connectivity index (χ3n) is 5.12. The summed E-state index contributed by atoms with van der Waals surface area (Å²) in [6.45, 7) is 12.7. The summed E-state index contributed by atoms with van der Waals surface area (Å²) in [7, 11) is 0. The lowest BCUT2D eigenvalue weighted by molar-refractivity contribution is -0.128. The van der Waals surface area contributed by atoms with Gasteiger partial charge in [0.2, 0.25) is 0 Å². The Morgan fingerprint density at radius 3 is 2.54 bits per heavy atom. The van der Waals surface area contributed by atoms with Crippen molar-refractivity contribution in [1.82, 2.24) is 4.98 Å². The fourth-order valence-corrected chi connectivity index (χ4v) is 3.61. The number of carbonyl (C=O) groups excluding carboxylic acids is 1. The van der Waals surface area contributed by atoms with Crippen LogP contribution in [0.15, 0.2) is 41.6 Å². The number of halogens is 1. The van der Waals surface area contributed by atoms with Gasteiger partial charge >= 0.3 is 0 Å². The molecule has 0 fully saturated rings. The van der Waals surface area contributed by atoms with E-state index < -0.39 is 5.41 Å². The number of nitrogens with zero attached hydrogens (tertiary/aromatic N) is 1. The monoisotopic (exact) mass is 355 g/mol. The number of Topliss-reactive ketones (excluding diaryl/α,β-unsaturated/α-hetero) is 1. The highest BCUT2D eigenvalue weighted by Gasteiger charge is 2.33.